The minimum absolute atomic E-state index is 0.0141. The average molecular weight is 345 g/mol. The molecule has 0 aliphatic carbocycles. The normalized spacial score (nSPS) is 9.06. The predicted octanol–water partition coefficient (Wildman–Crippen LogP) is 2.02. The summed E-state index contributed by atoms with van der Waals surface area (Å²) in [6.07, 6.45) is -0.510. The lowest BCUT2D eigenvalue weighted by atomic mass is 10.3. The lowest BCUT2D eigenvalue weighted by molar-refractivity contribution is 0.125. The van der Waals surface area contributed by atoms with Crippen LogP contribution in [0.4, 0.5) is 10.5 Å². The first-order valence-corrected chi connectivity index (χ1v) is 6.06. The Hall–Kier alpha value is -1.26. The van der Waals surface area contributed by atoms with Crippen molar-refractivity contribution in [3.8, 4) is 9.85 Å². The molecule has 0 heterocycles. The summed E-state index contributed by atoms with van der Waals surface area (Å²) < 4.78 is 7.57. The van der Waals surface area contributed by atoms with E-state index >= 15 is 0 Å². The van der Waals surface area contributed by atoms with Crippen LogP contribution < -0.4 is 4.90 Å². The minimum atomic E-state index is -0.510. The zero-order valence-corrected chi connectivity index (χ0v) is 11.3. The number of carbonyl (C=O) groups excluding carboxylic acids is 1. The maximum Gasteiger partial charge on any atom is 0.415 e. The van der Waals surface area contributed by atoms with Gasteiger partial charge in [-0.25, -0.2) is 4.79 Å². The number of halogens is 1. The van der Waals surface area contributed by atoms with Gasteiger partial charge in [-0.15, -0.1) is 0 Å². The summed E-state index contributed by atoms with van der Waals surface area (Å²) in [4.78, 5) is 13.1. The molecule has 1 aromatic carbocycles. The highest BCUT2D eigenvalue weighted by Crippen LogP contribution is 2.13. The van der Waals surface area contributed by atoms with Crippen molar-refractivity contribution in [2.75, 3.05) is 24.7 Å². The van der Waals surface area contributed by atoms with Gasteiger partial charge in [0.25, 0.3) is 0 Å². The maximum atomic E-state index is 11.7. The predicted molar refractivity (Wildman–Crippen MR) is 74.0 cm³/mol. The molecule has 0 aliphatic rings. The first kappa shape index (κ1) is 13.8. The number of hydrogen-bond acceptors (Lipinski definition) is 3. The topological polar surface area (TPSA) is 49.8 Å². The third kappa shape index (κ3) is 4.63. The van der Waals surface area contributed by atoms with E-state index in [0.29, 0.717) is 0 Å². The lowest BCUT2D eigenvalue weighted by Gasteiger charge is -2.19. The fourth-order valence-corrected chi connectivity index (χ4v) is 1.36. The van der Waals surface area contributed by atoms with Gasteiger partial charge in [-0.2, -0.15) is 0 Å². The van der Waals surface area contributed by atoms with Crippen LogP contribution in [-0.4, -0.2) is 31.0 Å². The van der Waals surface area contributed by atoms with Crippen LogP contribution in [0.25, 0.3) is 0 Å². The van der Waals surface area contributed by atoms with Crippen LogP contribution in [0.3, 0.4) is 0 Å². The SMILES string of the molecule is O=C(OCCO)N(CC#CI)c1ccccc1. The Morgan fingerprint density at radius 3 is 2.71 bits per heavy atom. The van der Waals surface area contributed by atoms with Crippen molar-refractivity contribution in [3.05, 3.63) is 30.3 Å². The first-order valence-electron chi connectivity index (χ1n) is 4.98. The molecule has 0 fully saturated rings. The highest BCUT2D eigenvalue weighted by atomic mass is 127. The Balaban J connectivity index is 2.79. The Morgan fingerprint density at radius 1 is 1.41 bits per heavy atom. The van der Waals surface area contributed by atoms with Gasteiger partial charge in [-0.1, -0.05) is 24.1 Å². The third-order valence-corrected chi connectivity index (χ3v) is 2.29. The molecule has 0 unspecified atom stereocenters. The summed E-state index contributed by atoms with van der Waals surface area (Å²) in [5, 5.41) is 8.62. The fraction of sp³-hybridized carbons (Fsp3) is 0.250. The van der Waals surface area contributed by atoms with Crippen LogP contribution >= 0.6 is 22.6 Å². The molecule has 0 bridgehead atoms. The van der Waals surface area contributed by atoms with Gasteiger partial charge in [0.15, 0.2) is 0 Å². The molecule has 4 nitrogen and oxygen atoms in total. The molecule has 5 heteroatoms. The summed E-state index contributed by atoms with van der Waals surface area (Å²) in [7, 11) is 0. The molecule has 0 atom stereocenters. The molecule has 17 heavy (non-hydrogen) atoms. The number of amides is 1. The van der Waals surface area contributed by atoms with E-state index in [1.807, 2.05) is 40.8 Å². The molecule has 0 saturated heterocycles. The van der Waals surface area contributed by atoms with Crippen molar-refractivity contribution >= 4 is 34.4 Å². The molecule has 0 spiro atoms. The molecule has 1 aromatic rings. The fourth-order valence-electron chi connectivity index (χ4n) is 1.19. The maximum absolute atomic E-state index is 11.7. The van der Waals surface area contributed by atoms with Gasteiger partial charge >= 0.3 is 6.09 Å². The van der Waals surface area contributed by atoms with Crippen LogP contribution in [0.2, 0.25) is 0 Å². The lowest BCUT2D eigenvalue weighted by Crippen LogP contribution is -2.32. The van der Waals surface area contributed by atoms with Crippen molar-refractivity contribution in [3.63, 3.8) is 0 Å². The Labute approximate surface area is 114 Å². The molecule has 0 aliphatic heterocycles. The van der Waals surface area contributed by atoms with E-state index in [1.54, 1.807) is 12.1 Å². The highest BCUT2D eigenvalue weighted by molar-refractivity contribution is 14.1. The number of aliphatic hydroxyl groups excluding tert-OH is 1. The summed E-state index contributed by atoms with van der Waals surface area (Å²) in [6, 6.07) is 9.13. The van der Waals surface area contributed by atoms with Crippen molar-refractivity contribution in [2.24, 2.45) is 0 Å². The smallest absolute Gasteiger partial charge is 0.415 e. The van der Waals surface area contributed by atoms with E-state index in [-0.39, 0.29) is 19.8 Å². The molecule has 0 saturated carbocycles. The molecule has 1 rings (SSSR count). The van der Waals surface area contributed by atoms with Crippen molar-refractivity contribution in [1.82, 2.24) is 0 Å². The van der Waals surface area contributed by atoms with Gasteiger partial charge in [-0.3, -0.25) is 4.90 Å². The second-order valence-electron chi connectivity index (χ2n) is 3.03. The number of ether oxygens (including phenoxy) is 1. The van der Waals surface area contributed by atoms with E-state index < -0.39 is 6.09 Å². The summed E-state index contributed by atoms with van der Waals surface area (Å²) >= 11 is 1.91. The van der Waals surface area contributed by atoms with Crippen LogP contribution in [0.5, 0.6) is 0 Å². The van der Waals surface area contributed by atoms with Gasteiger partial charge in [0, 0.05) is 28.3 Å². The van der Waals surface area contributed by atoms with E-state index in [9.17, 15) is 4.79 Å². The second kappa shape index (κ2) is 7.92. The standard InChI is InChI=1S/C12H12INO3/c13-7-4-8-14(12(16)17-10-9-15)11-5-2-1-3-6-11/h1-3,5-6,15H,8-10H2. The number of carbonyl (C=O) groups is 1. The Morgan fingerprint density at radius 2 is 2.12 bits per heavy atom. The summed E-state index contributed by atoms with van der Waals surface area (Å²) in [5.74, 6) is 2.80. The van der Waals surface area contributed by atoms with Gasteiger partial charge in [0.2, 0.25) is 0 Å². The molecule has 1 N–H and O–H groups in total. The van der Waals surface area contributed by atoms with Gasteiger partial charge in [-0.05, 0) is 16.1 Å². The van der Waals surface area contributed by atoms with E-state index in [2.05, 4.69) is 9.85 Å². The number of anilines is 1. The quantitative estimate of drug-likeness (QED) is 0.671. The highest BCUT2D eigenvalue weighted by Gasteiger charge is 2.15. The summed E-state index contributed by atoms with van der Waals surface area (Å²) in [5.41, 5.74) is 0.717. The first-order chi connectivity index (χ1) is 8.29. The van der Waals surface area contributed by atoms with Crippen LogP contribution in [0.1, 0.15) is 0 Å². The molecular weight excluding hydrogens is 333 g/mol. The number of hydrogen-bond donors (Lipinski definition) is 1. The van der Waals surface area contributed by atoms with Gasteiger partial charge in [0.1, 0.15) is 6.61 Å². The van der Waals surface area contributed by atoms with E-state index in [0.717, 1.165) is 5.69 Å². The largest absolute Gasteiger partial charge is 0.447 e. The second-order valence-corrected chi connectivity index (χ2v) is 3.57. The number of para-hydroxylation sites is 1. The van der Waals surface area contributed by atoms with Crippen LogP contribution in [0, 0.1) is 9.85 Å². The zero-order chi connectivity index (χ0) is 12.5. The number of benzene rings is 1. The van der Waals surface area contributed by atoms with E-state index in [1.165, 1.54) is 4.90 Å². The van der Waals surface area contributed by atoms with Crippen molar-refractivity contribution in [2.45, 2.75) is 0 Å². The van der Waals surface area contributed by atoms with Crippen molar-refractivity contribution in [1.29, 1.82) is 0 Å². The van der Waals surface area contributed by atoms with Gasteiger partial charge < -0.3 is 9.84 Å². The minimum Gasteiger partial charge on any atom is -0.447 e. The van der Waals surface area contributed by atoms with Crippen LogP contribution in [-0.2, 0) is 4.74 Å². The Kier molecular flexibility index (Phi) is 6.43. The third-order valence-electron chi connectivity index (χ3n) is 1.91. The van der Waals surface area contributed by atoms with Crippen LogP contribution in [0.15, 0.2) is 30.3 Å². The zero-order valence-electron chi connectivity index (χ0n) is 9.10. The van der Waals surface area contributed by atoms with E-state index in [4.69, 9.17) is 9.84 Å². The molecule has 90 valence electrons. The average Bonchev–Trinajstić information content (AvgIpc) is 2.38. The molecular formula is C12H12INO3. The Bertz CT molecular complexity index is 411. The number of rotatable bonds is 4. The molecule has 1 amide bonds. The van der Waals surface area contributed by atoms with Crippen molar-refractivity contribution < 1.29 is 14.6 Å². The molecule has 0 radical (unpaired) electrons. The molecule has 0 aromatic heterocycles. The summed E-state index contributed by atoms with van der Waals surface area (Å²) in [6.45, 7) is 0.0589. The van der Waals surface area contributed by atoms with Gasteiger partial charge in [0.05, 0.1) is 13.2 Å². The number of nitrogens with zero attached hydrogens (tertiary/aromatic N) is 1. The monoisotopic (exact) mass is 345 g/mol. The number of aliphatic hydroxyl groups is 1.